The van der Waals surface area contributed by atoms with Crippen LogP contribution >= 0.6 is 0 Å². The molecule has 0 unspecified atom stereocenters. The van der Waals surface area contributed by atoms with Crippen LogP contribution in [-0.4, -0.2) is 374 Å². The van der Waals surface area contributed by atoms with Gasteiger partial charge in [0.25, 0.3) is 0 Å². The molecule has 0 spiro atoms. The van der Waals surface area contributed by atoms with Crippen LogP contribution in [0, 0.1) is 0 Å². The Hall–Kier alpha value is -1.40. The van der Waals surface area contributed by atoms with Gasteiger partial charge in [-0.15, -0.1) is 0 Å². The Kier molecular flexibility index (Phi) is 22.4. The zero-order valence-electron chi connectivity index (χ0n) is 40.4. The van der Waals surface area contributed by atoms with Crippen molar-refractivity contribution in [3.8, 4) is 0 Å². The molecule has 0 radical (unpaired) electrons. The van der Waals surface area contributed by atoms with Crippen molar-refractivity contribution >= 4 is 0 Å². The van der Waals surface area contributed by atoms with Crippen molar-refractivity contribution in [1.82, 2.24) is 0 Å². The van der Waals surface area contributed by atoms with Crippen molar-refractivity contribution in [2.75, 3.05) is 52.9 Å². The van der Waals surface area contributed by atoms with Crippen LogP contribution in [0.3, 0.4) is 0 Å². The Morgan fingerprint density at radius 1 is 0.273 bits per heavy atom. The molecule has 13 rings (SSSR count). The number of aliphatic hydroxyl groups excluding tert-OH is 22. The highest BCUT2D eigenvalue weighted by atomic mass is 16.8. The van der Waals surface area contributed by atoms with Gasteiger partial charge in [0.15, 0.2) is 37.7 Å². The molecule has 12 bridgehead atoms. The lowest BCUT2D eigenvalue weighted by Crippen LogP contribution is -2.68. The zero-order chi connectivity index (χ0) is 56.5. The van der Waals surface area contributed by atoms with Gasteiger partial charge in [0.2, 0.25) is 0 Å². The third kappa shape index (κ3) is 13.0. The Morgan fingerprint density at radius 3 is 0.727 bits per heavy atom. The fourth-order valence-electron chi connectivity index (χ4n) is 10.00. The molecule has 0 saturated carbocycles. The van der Waals surface area contributed by atoms with E-state index >= 15 is 0 Å². The summed E-state index contributed by atoms with van der Waals surface area (Å²) in [5.41, 5.74) is 0. The maximum Gasteiger partial charge on any atom is 0.187 e. The van der Waals surface area contributed by atoms with E-state index in [1.807, 2.05) is 0 Å². The topological polar surface area (TPSA) is 565 Å². The average Bonchev–Trinajstić information content (AvgIpc) is 3.43. The second-order valence-electron chi connectivity index (χ2n) is 19.5. The number of hydrogen-bond donors (Lipinski definition) is 22. The van der Waals surface area contributed by atoms with Gasteiger partial charge in [0.05, 0.1) is 52.9 Å². The highest BCUT2D eigenvalue weighted by Crippen LogP contribution is 2.37. The van der Waals surface area contributed by atoms with Gasteiger partial charge >= 0.3 is 0 Å². The largest absolute Gasteiger partial charge is 0.394 e. The third-order valence-corrected chi connectivity index (χ3v) is 14.4. The molecule has 13 saturated heterocycles. The summed E-state index contributed by atoms with van der Waals surface area (Å²) in [6.07, 6.45) is -69.3. The summed E-state index contributed by atoms with van der Waals surface area (Å²) in [4.78, 5) is 0. The second-order valence-corrected chi connectivity index (χ2v) is 19.5. The number of hydrogen-bond acceptors (Lipinski definition) is 35. The molecule has 35 heteroatoms. The van der Waals surface area contributed by atoms with Crippen LogP contribution in [0.5, 0.6) is 0 Å². The van der Waals surface area contributed by atoms with Gasteiger partial charge in [-0.05, 0) is 0 Å². The molecule has 13 aliphatic heterocycles. The number of aliphatic hydroxyl groups is 22. The average molecular weight is 1140 g/mol. The first kappa shape index (κ1) is 63.2. The lowest BCUT2D eigenvalue weighted by atomic mass is 9.95. The Bertz CT molecular complexity index is 1690. The smallest absolute Gasteiger partial charge is 0.187 e. The molecule has 450 valence electrons. The van der Waals surface area contributed by atoms with Gasteiger partial charge in [0, 0.05) is 0 Å². The monoisotopic (exact) mass is 1140 g/mol. The zero-order valence-corrected chi connectivity index (χ0v) is 40.4. The summed E-state index contributed by atoms with van der Waals surface area (Å²) < 4.78 is 73.2. The minimum absolute atomic E-state index is 1.03. The second kappa shape index (κ2) is 27.3. The van der Waals surface area contributed by atoms with Gasteiger partial charge in [-0.3, -0.25) is 0 Å². The maximum absolute atomic E-state index is 11.3. The number of rotatable bonds is 8. The first-order valence-electron chi connectivity index (χ1n) is 24.5. The normalized spacial score (nSPS) is 53.3. The summed E-state index contributed by atoms with van der Waals surface area (Å²) in [6, 6.07) is 0. The standard InChI is InChI=1S/C42H72O35/c43-1-9(50)30-17(52)10(51)8-65-31-11(2-44)66-38(24(59)18(31)53)73-33-13(4-46)68-40(26(61)20(33)55)75-35-15(6-48)70-42(28(63)22(35)57)77-36-16(7-49)71-41(29(64)23(36)58)76-34-14(5-47)69-39(27(62)21(34)56)74-32-12(3-45)67-37(72-30)25(60)19(32)54/h9-64H,1-8H2/t9-,10+,11-,12-,13-,14-,15-,16-,17+,18-,19-,20-,21-,22-,23-,24-,25-,26-,27-,28-,29-,30-,31-,32-,33-,34-,35-,36-,37-,38+,39-,40-,41+,42-/m1/s1. The molecular formula is C42H72O35. The molecular weight excluding hydrogens is 1060 g/mol. The summed E-state index contributed by atoms with van der Waals surface area (Å²) in [5, 5.41) is 240. The van der Waals surface area contributed by atoms with Crippen molar-refractivity contribution < 1.29 is 174 Å². The molecule has 0 amide bonds. The molecule has 0 aromatic rings. The van der Waals surface area contributed by atoms with Crippen molar-refractivity contribution in [1.29, 1.82) is 0 Å². The van der Waals surface area contributed by atoms with Crippen LogP contribution in [0.4, 0.5) is 0 Å². The van der Waals surface area contributed by atoms with Gasteiger partial charge < -0.3 is 174 Å². The van der Waals surface area contributed by atoms with Gasteiger partial charge in [0.1, 0.15) is 171 Å². The van der Waals surface area contributed by atoms with Gasteiger partial charge in [-0.2, -0.15) is 0 Å². The van der Waals surface area contributed by atoms with E-state index in [1.165, 1.54) is 0 Å². The fraction of sp³-hybridized carbons (Fsp3) is 1.00. The van der Waals surface area contributed by atoms with E-state index in [0.717, 1.165) is 0 Å². The molecule has 77 heavy (non-hydrogen) atoms. The van der Waals surface area contributed by atoms with E-state index in [0.29, 0.717) is 0 Å². The van der Waals surface area contributed by atoms with Crippen molar-refractivity contribution in [3.63, 3.8) is 0 Å². The van der Waals surface area contributed by atoms with E-state index in [4.69, 9.17) is 61.6 Å². The lowest BCUT2D eigenvalue weighted by molar-refractivity contribution is -0.396. The minimum Gasteiger partial charge on any atom is -0.394 e. The Labute approximate surface area is 435 Å². The summed E-state index contributed by atoms with van der Waals surface area (Å²) in [6.45, 7) is -8.58. The Balaban J connectivity index is 1.17. The minimum atomic E-state index is -2.34. The third-order valence-electron chi connectivity index (χ3n) is 14.4. The predicted molar refractivity (Wildman–Crippen MR) is 231 cm³/mol. The molecule has 35 nitrogen and oxygen atoms in total. The summed E-state index contributed by atoms with van der Waals surface area (Å²) >= 11 is 0. The molecule has 0 aliphatic carbocycles. The van der Waals surface area contributed by atoms with Crippen LogP contribution in [0.2, 0.25) is 0 Å². The van der Waals surface area contributed by atoms with Crippen LogP contribution in [0.15, 0.2) is 0 Å². The van der Waals surface area contributed by atoms with E-state index in [-0.39, 0.29) is 0 Å². The highest BCUT2D eigenvalue weighted by molar-refractivity contribution is 5.01. The van der Waals surface area contributed by atoms with Crippen LogP contribution in [-0.2, 0) is 61.6 Å². The SMILES string of the molecule is OC[C@@H](O)[C@H]1O[C@H]2O[C@H](CO)[C@@H](O[C@H]3O[C@H](CO)[C@@H](O[C@@H]4O[C@H](CO)[C@@H](O[C@H]5O[C@H](CO)[C@@H](O[C@H]6O[C@H](CO)[C@@H](O[C@@H]7O[C@H](CO)[C@@H](OC[C@H](O)[C@@H]1O)[C@H](O)[C@H]7O)[C@H](O)[C@H]6O)[C@H](O)[C@H]5O)[C@H](O)[C@H]4O)[C@H](O)[C@H]3O)[C@H](O)[C@H]2O. The predicted octanol–water partition coefficient (Wildman–Crippen LogP) is -15.6. The molecule has 22 N–H and O–H groups in total. The summed E-state index contributed by atoms with van der Waals surface area (Å²) in [7, 11) is 0. The molecule has 13 fully saturated rings. The van der Waals surface area contributed by atoms with E-state index in [1.54, 1.807) is 0 Å². The maximum atomic E-state index is 11.3. The summed E-state index contributed by atoms with van der Waals surface area (Å²) in [5.74, 6) is 0. The quantitative estimate of drug-likeness (QED) is 0.107. The fourth-order valence-corrected chi connectivity index (χ4v) is 10.00. The lowest BCUT2D eigenvalue weighted by Gasteiger charge is -2.50. The number of ether oxygens (including phenoxy) is 13. The van der Waals surface area contributed by atoms with E-state index in [2.05, 4.69) is 0 Å². The molecule has 13 aliphatic rings. The van der Waals surface area contributed by atoms with Crippen LogP contribution in [0.1, 0.15) is 0 Å². The first-order valence-corrected chi connectivity index (χ1v) is 24.5. The molecule has 34 atom stereocenters. The Morgan fingerprint density at radius 2 is 0.494 bits per heavy atom. The van der Waals surface area contributed by atoms with Gasteiger partial charge in [-0.1, -0.05) is 0 Å². The van der Waals surface area contributed by atoms with Crippen LogP contribution < -0.4 is 0 Å². The highest BCUT2D eigenvalue weighted by Gasteiger charge is 2.58. The van der Waals surface area contributed by atoms with Crippen molar-refractivity contribution in [2.24, 2.45) is 0 Å². The van der Waals surface area contributed by atoms with E-state index < -0.39 is 262 Å². The first-order chi connectivity index (χ1) is 36.6. The number of fused-ring (bicyclic) bond motifs is 6. The molecule has 0 aromatic carbocycles. The van der Waals surface area contributed by atoms with Crippen molar-refractivity contribution in [3.05, 3.63) is 0 Å². The van der Waals surface area contributed by atoms with Crippen LogP contribution in [0.25, 0.3) is 0 Å². The molecule has 13 heterocycles. The van der Waals surface area contributed by atoms with Gasteiger partial charge in [-0.25, -0.2) is 0 Å². The van der Waals surface area contributed by atoms with E-state index in [9.17, 15) is 112 Å². The van der Waals surface area contributed by atoms with Crippen molar-refractivity contribution in [2.45, 2.75) is 209 Å². The molecule has 0 aromatic heterocycles.